The number of hydrogen-bond acceptors (Lipinski definition) is 9. The normalized spacial score (nSPS) is 21.6. The van der Waals surface area contributed by atoms with E-state index in [1.165, 1.54) is 9.80 Å². The molecule has 0 spiro atoms. The second-order valence-electron chi connectivity index (χ2n) is 11.6. The molecule has 3 aromatic rings. The summed E-state index contributed by atoms with van der Waals surface area (Å²) < 4.78 is 19.9. The summed E-state index contributed by atoms with van der Waals surface area (Å²) in [7, 11) is 1.63. The van der Waals surface area contributed by atoms with Crippen molar-refractivity contribution in [2.45, 2.75) is 44.0 Å². The van der Waals surface area contributed by atoms with Crippen LogP contribution in [0.2, 0.25) is 5.02 Å². The fourth-order valence-corrected chi connectivity index (χ4v) is 6.77. The van der Waals surface area contributed by atoms with Crippen LogP contribution in [0.3, 0.4) is 0 Å². The Morgan fingerprint density at radius 3 is 2.69 bits per heavy atom. The fourth-order valence-electron chi connectivity index (χ4n) is 6.50. The summed E-state index contributed by atoms with van der Waals surface area (Å²) in [5, 5.41) is 22.5. The lowest BCUT2D eigenvalue weighted by molar-refractivity contribution is -0.131. The molecule has 0 radical (unpaired) electrons. The number of fused-ring (bicyclic) bond motifs is 2. The van der Waals surface area contributed by atoms with E-state index >= 15 is 0 Å². The number of nitrogens with zero attached hydrogens (tertiary/aromatic N) is 7. The van der Waals surface area contributed by atoms with Crippen LogP contribution < -0.4 is 14.5 Å². The molecule has 0 saturated carbocycles. The molecule has 0 aliphatic carbocycles. The number of rotatable bonds is 7. The zero-order valence-corrected chi connectivity index (χ0v) is 25.6. The lowest BCUT2D eigenvalue weighted by atomic mass is 10.0. The lowest BCUT2D eigenvalue weighted by Gasteiger charge is -2.42. The highest BCUT2D eigenvalue weighted by Gasteiger charge is 2.38. The third-order valence-electron chi connectivity index (χ3n) is 8.90. The van der Waals surface area contributed by atoms with Crippen molar-refractivity contribution in [1.29, 1.82) is 5.26 Å². The highest BCUT2D eigenvalue weighted by molar-refractivity contribution is 6.36. The van der Waals surface area contributed by atoms with E-state index in [1.807, 2.05) is 41.3 Å². The number of likely N-dealkylation sites (N-methyl/N-ethyl adjacent to an activating group) is 1. The molecule has 13 heteroatoms. The molecule has 1 aromatic heterocycles. The van der Waals surface area contributed by atoms with Gasteiger partial charge in [-0.2, -0.15) is 15.2 Å². The van der Waals surface area contributed by atoms with Crippen LogP contribution in [0.4, 0.5) is 15.9 Å². The molecule has 11 nitrogen and oxygen atoms in total. The maximum atomic E-state index is 13.8. The van der Waals surface area contributed by atoms with Crippen LogP contribution in [0, 0.1) is 11.3 Å². The zero-order chi connectivity index (χ0) is 31.8. The first-order valence-corrected chi connectivity index (χ1v) is 15.2. The highest BCUT2D eigenvalue weighted by Crippen LogP contribution is 2.37. The largest absolute Gasteiger partial charge is 0.461 e. The summed E-state index contributed by atoms with van der Waals surface area (Å²) in [5.41, 5.74) is 2.64. The number of amides is 2. The molecule has 3 atom stereocenters. The third kappa shape index (κ3) is 5.85. The number of likely N-dealkylation sites (tertiary alicyclic amines) is 1. The van der Waals surface area contributed by atoms with Crippen LogP contribution in [0.1, 0.15) is 24.1 Å². The quantitative estimate of drug-likeness (QED) is 0.390. The van der Waals surface area contributed by atoms with Crippen LogP contribution in [0.5, 0.6) is 6.01 Å². The van der Waals surface area contributed by atoms with Gasteiger partial charge in [-0.3, -0.25) is 9.59 Å². The third-order valence-corrected chi connectivity index (χ3v) is 9.21. The summed E-state index contributed by atoms with van der Waals surface area (Å²) in [6.45, 7) is 5.06. The van der Waals surface area contributed by atoms with Crippen LogP contribution >= 0.6 is 11.6 Å². The molecule has 2 aromatic carbocycles. The number of halogens is 2. The Labute approximate surface area is 265 Å². The zero-order valence-electron chi connectivity index (χ0n) is 24.8. The number of hydrogen-bond donors (Lipinski definition) is 1. The predicted octanol–water partition coefficient (Wildman–Crippen LogP) is 3.23. The molecule has 234 valence electrons. The number of piperazine rings is 1. The van der Waals surface area contributed by atoms with Gasteiger partial charge < -0.3 is 29.4 Å². The average molecular weight is 634 g/mol. The Morgan fingerprint density at radius 1 is 1.20 bits per heavy atom. The van der Waals surface area contributed by atoms with Gasteiger partial charge >= 0.3 is 6.01 Å². The van der Waals surface area contributed by atoms with Gasteiger partial charge in [-0.05, 0) is 23.9 Å². The average Bonchev–Trinajstić information content (AvgIpc) is 3.28. The molecule has 2 fully saturated rings. The maximum Gasteiger partial charge on any atom is 0.318 e. The van der Waals surface area contributed by atoms with Crippen molar-refractivity contribution < 1.29 is 23.8 Å². The van der Waals surface area contributed by atoms with Crippen LogP contribution in [-0.2, 0) is 22.6 Å². The van der Waals surface area contributed by atoms with Crippen molar-refractivity contribution in [2.24, 2.45) is 0 Å². The SMILES string of the molecule is C=C(F)C(=O)N1CCN(c2nc(OC[C@@H]3[C@H](O)CC(=O)N3C)nc3c2CCN(c2cccc4cccc(Cl)c24)C3)C[C@@H]1CC#N. The van der Waals surface area contributed by atoms with E-state index in [4.69, 9.17) is 26.3 Å². The van der Waals surface area contributed by atoms with E-state index in [1.54, 1.807) is 7.05 Å². The van der Waals surface area contributed by atoms with Crippen molar-refractivity contribution in [3.05, 3.63) is 65.1 Å². The summed E-state index contributed by atoms with van der Waals surface area (Å²) in [6, 6.07) is 13.0. The predicted molar refractivity (Wildman–Crippen MR) is 167 cm³/mol. The molecule has 3 aliphatic heterocycles. The van der Waals surface area contributed by atoms with Crippen molar-refractivity contribution in [1.82, 2.24) is 19.8 Å². The summed E-state index contributed by atoms with van der Waals surface area (Å²) in [6.07, 6.45) is -0.221. The number of benzene rings is 2. The fraction of sp³-hybridized carbons (Fsp3) is 0.406. The minimum absolute atomic E-state index is 0.00221. The number of aliphatic hydroxyl groups excluding tert-OH is 1. The molecule has 1 N–H and O–H groups in total. The van der Waals surface area contributed by atoms with E-state index in [9.17, 15) is 24.3 Å². The van der Waals surface area contributed by atoms with E-state index in [0.717, 1.165) is 27.7 Å². The summed E-state index contributed by atoms with van der Waals surface area (Å²) >= 11 is 6.66. The minimum atomic E-state index is -1.06. The number of aromatic nitrogens is 2. The standard InChI is InChI=1S/C32H33ClFN7O4/c1-19(34)31(44)41-14-13-40(16-21(41)9-11-35)30-22-10-12-39(25-8-4-6-20-5-3-7-23(33)29(20)25)17-24(22)36-32(37-30)45-18-26-27(42)15-28(43)38(26)2/h3-8,21,26-27,42H,1,9-10,12-18H2,2H3/t21-,26+,27+/m0/s1. The first-order valence-electron chi connectivity index (χ1n) is 14.8. The topological polar surface area (TPSA) is 126 Å². The number of aliphatic hydroxyl groups is 1. The lowest BCUT2D eigenvalue weighted by Crippen LogP contribution is -2.55. The molecule has 4 heterocycles. The Hall–Kier alpha value is -4.47. The molecule has 3 aliphatic rings. The Kier molecular flexibility index (Phi) is 8.48. The van der Waals surface area contributed by atoms with Gasteiger partial charge in [-0.15, -0.1) is 0 Å². The Balaban J connectivity index is 1.35. The number of anilines is 2. The van der Waals surface area contributed by atoms with E-state index in [2.05, 4.69) is 17.5 Å². The monoisotopic (exact) mass is 633 g/mol. The minimum Gasteiger partial charge on any atom is -0.461 e. The molecule has 2 saturated heterocycles. The first-order chi connectivity index (χ1) is 21.7. The van der Waals surface area contributed by atoms with Gasteiger partial charge in [0, 0.05) is 49.9 Å². The number of nitriles is 1. The first kappa shape index (κ1) is 30.6. The molecule has 0 bridgehead atoms. The van der Waals surface area contributed by atoms with Gasteiger partial charge in [0.2, 0.25) is 5.91 Å². The van der Waals surface area contributed by atoms with Crippen LogP contribution in [0.25, 0.3) is 10.8 Å². The second-order valence-corrected chi connectivity index (χ2v) is 12.0. The Morgan fingerprint density at radius 2 is 1.98 bits per heavy atom. The van der Waals surface area contributed by atoms with Crippen molar-refractivity contribution in [3.63, 3.8) is 0 Å². The van der Waals surface area contributed by atoms with Gasteiger partial charge in [-0.25, -0.2) is 4.39 Å². The van der Waals surface area contributed by atoms with Crippen LogP contribution in [-0.4, -0.2) is 94.7 Å². The van der Waals surface area contributed by atoms with E-state index in [-0.39, 0.29) is 44.5 Å². The molecular weight excluding hydrogens is 601 g/mol. The Bertz CT molecular complexity index is 1710. The van der Waals surface area contributed by atoms with Crippen molar-refractivity contribution >= 4 is 45.7 Å². The van der Waals surface area contributed by atoms with Gasteiger partial charge in [0.05, 0.1) is 54.4 Å². The maximum absolute atomic E-state index is 13.8. The molecule has 2 amide bonds. The highest BCUT2D eigenvalue weighted by atomic mass is 35.5. The smallest absolute Gasteiger partial charge is 0.318 e. The molecule has 0 unspecified atom stereocenters. The number of ether oxygens (including phenoxy) is 1. The number of carbonyl (C=O) groups excluding carboxylic acids is 2. The summed E-state index contributed by atoms with van der Waals surface area (Å²) in [4.78, 5) is 41.2. The van der Waals surface area contributed by atoms with E-state index in [0.29, 0.717) is 36.9 Å². The van der Waals surface area contributed by atoms with Crippen molar-refractivity contribution in [2.75, 3.05) is 49.6 Å². The number of carbonyl (C=O) groups is 2. The molecule has 6 rings (SSSR count). The van der Waals surface area contributed by atoms with Gasteiger partial charge in [-0.1, -0.05) is 42.4 Å². The van der Waals surface area contributed by atoms with Gasteiger partial charge in [0.25, 0.3) is 5.91 Å². The second kappa shape index (κ2) is 12.5. The molecular formula is C32H33ClFN7O4. The molecule has 45 heavy (non-hydrogen) atoms. The van der Waals surface area contributed by atoms with Crippen LogP contribution in [0.15, 0.2) is 48.8 Å². The summed E-state index contributed by atoms with van der Waals surface area (Å²) in [5.74, 6) is -1.43. The van der Waals surface area contributed by atoms with Gasteiger partial charge in [0.1, 0.15) is 12.4 Å². The van der Waals surface area contributed by atoms with E-state index < -0.39 is 29.9 Å². The van der Waals surface area contributed by atoms with Crippen molar-refractivity contribution in [3.8, 4) is 12.1 Å². The van der Waals surface area contributed by atoms with Gasteiger partial charge in [0.15, 0.2) is 5.83 Å².